The summed E-state index contributed by atoms with van der Waals surface area (Å²) in [5.74, 6) is -0.936. The zero-order valence-corrected chi connectivity index (χ0v) is 22.9. The van der Waals surface area contributed by atoms with E-state index in [9.17, 15) is 13.2 Å². The molecular formula is C30H41NO5S. The van der Waals surface area contributed by atoms with Crippen LogP contribution in [0.3, 0.4) is 0 Å². The molecule has 0 aliphatic carbocycles. The van der Waals surface area contributed by atoms with Crippen molar-refractivity contribution in [3.8, 4) is 0 Å². The van der Waals surface area contributed by atoms with Gasteiger partial charge in [-0.05, 0) is 31.0 Å². The quantitative estimate of drug-likeness (QED) is 0.184. The van der Waals surface area contributed by atoms with E-state index in [1.165, 1.54) is 42.6 Å². The number of carbonyl (C=O) groups excluding carboxylic acids is 1. The molecule has 3 rings (SSSR count). The number of carbonyl (C=O) groups is 1. The highest BCUT2D eigenvalue weighted by Gasteiger charge is 2.38. The van der Waals surface area contributed by atoms with Gasteiger partial charge in [0.05, 0.1) is 23.5 Å². The molecular weight excluding hydrogens is 486 g/mol. The highest BCUT2D eigenvalue weighted by atomic mass is 32.2. The Bertz CT molecular complexity index is 1070. The standard InChI is InChI=1S/C30H41NO5S/c1-3-5-6-7-8-9-16-21-28(25-17-12-10-13-18-25)36-29-24-26(30(32)35-4-2)22-23-31(29)37(33,34)27-19-14-11-15-20-27/h10-15,17-20,22-23,26,28-29H,3-9,16,21,24H2,1-2H3/t26-,28-,29-/m1/s1. The van der Waals surface area contributed by atoms with Crippen LogP contribution in [0, 0.1) is 5.92 Å². The Morgan fingerprint density at radius 3 is 2.19 bits per heavy atom. The van der Waals surface area contributed by atoms with Crippen LogP contribution in [0.2, 0.25) is 0 Å². The van der Waals surface area contributed by atoms with Crippen LogP contribution in [-0.4, -0.2) is 31.5 Å². The van der Waals surface area contributed by atoms with Gasteiger partial charge in [0.1, 0.15) is 6.23 Å². The Labute approximate surface area is 222 Å². The second-order valence-electron chi connectivity index (χ2n) is 9.48. The van der Waals surface area contributed by atoms with E-state index < -0.39 is 22.2 Å². The van der Waals surface area contributed by atoms with Gasteiger partial charge in [0.15, 0.2) is 0 Å². The van der Waals surface area contributed by atoms with E-state index in [1.807, 2.05) is 30.3 Å². The SMILES string of the molecule is CCCCCCCCC[C@@H](O[C@@H]1C[C@H](C(=O)OCC)C=CN1S(=O)(=O)c1ccccc1)c1ccccc1. The van der Waals surface area contributed by atoms with Gasteiger partial charge in [0.25, 0.3) is 10.0 Å². The van der Waals surface area contributed by atoms with Gasteiger partial charge in [0.2, 0.25) is 0 Å². The average Bonchev–Trinajstić information content (AvgIpc) is 2.93. The van der Waals surface area contributed by atoms with Crippen molar-refractivity contribution in [1.29, 1.82) is 0 Å². The van der Waals surface area contributed by atoms with Gasteiger partial charge >= 0.3 is 5.97 Å². The van der Waals surface area contributed by atoms with E-state index >= 15 is 0 Å². The lowest BCUT2D eigenvalue weighted by Crippen LogP contribution is -2.43. The molecule has 0 radical (unpaired) electrons. The summed E-state index contributed by atoms with van der Waals surface area (Å²) >= 11 is 0. The van der Waals surface area contributed by atoms with E-state index in [-0.39, 0.29) is 30.0 Å². The molecule has 6 nitrogen and oxygen atoms in total. The smallest absolute Gasteiger partial charge is 0.313 e. The first-order valence-electron chi connectivity index (χ1n) is 13.6. The molecule has 0 fully saturated rings. The molecule has 7 heteroatoms. The van der Waals surface area contributed by atoms with Crippen molar-refractivity contribution < 1.29 is 22.7 Å². The lowest BCUT2D eigenvalue weighted by molar-refractivity contribution is -0.150. The van der Waals surface area contributed by atoms with Gasteiger partial charge < -0.3 is 9.47 Å². The first-order valence-corrected chi connectivity index (χ1v) is 15.0. The van der Waals surface area contributed by atoms with Gasteiger partial charge in [-0.3, -0.25) is 4.79 Å². The predicted octanol–water partition coefficient (Wildman–Crippen LogP) is 7.00. The largest absolute Gasteiger partial charge is 0.466 e. The molecule has 0 N–H and O–H groups in total. The summed E-state index contributed by atoms with van der Waals surface area (Å²) in [5, 5.41) is 0. The number of nitrogens with zero attached hydrogens (tertiary/aromatic N) is 1. The molecule has 0 saturated carbocycles. The van der Waals surface area contributed by atoms with Gasteiger partial charge in [-0.2, -0.15) is 0 Å². The van der Waals surface area contributed by atoms with Crippen LogP contribution < -0.4 is 0 Å². The normalized spacial score (nSPS) is 18.5. The summed E-state index contributed by atoms with van der Waals surface area (Å²) in [4.78, 5) is 12.7. The fourth-order valence-corrected chi connectivity index (χ4v) is 6.05. The molecule has 0 spiro atoms. The number of unbranched alkanes of at least 4 members (excludes halogenated alkanes) is 6. The Kier molecular flexibility index (Phi) is 11.7. The molecule has 0 aromatic heterocycles. The molecule has 0 amide bonds. The van der Waals surface area contributed by atoms with Crippen LogP contribution in [0.4, 0.5) is 0 Å². The maximum atomic E-state index is 13.6. The molecule has 2 aromatic rings. The van der Waals surface area contributed by atoms with Crippen molar-refractivity contribution in [3.05, 3.63) is 78.5 Å². The highest BCUT2D eigenvalue weighted by Crippen LogP contribution is 2.34. The maximum absolute atomic E-state index is 13.6. The number of hydrogen-bond donors (Lipinski definition) is 0. The molecule has 2 aromatic carbocycles. The Morgan fingerprint density at radius 2 is 1.54 bits per heavy atom. The van der Waals surface area contributed by atoms with Crippen molar-refractivity contribution in [3.63, 3.8) is 0 Å². The average molecular weight is 528 g/mol. The molecule has 0 bridgehead atoms. The predicted molar refractivity (Wildman–Crippen MR) is 146 cm³/mol. The first-order chi connectivity index (χ1) is 18.0. The van der Waals surface area contributed by atoms with Crippen LogP contribution >= 0.6 is 0 Å². The summed E-state index contributed by atoms with van der Waals surface area (Å²) in [7, 11) is -3.87. The summed E-state index contributed by atoms with van der Waals surface area (Å²) in [5.41, 5.74) is 1.01. The topological polar surface area (TPSA) is 72.9 Å². The Hall–Kier alpha value is -2.64. The fourth-order valence-electron chi connectivity index (χ4n) is 4.63. The zero-order chi connectivity index (χ0) is 26.5. The number of esters is 1. The number of ether oxygens (including phenoxy) is 2. The lowest BCUT2D eigenvalue weighted by atomic mass is 10.00. The molecule has 1 aliphatic heterocycles. The van der Waals surface area contributed by atoms with E-state index in [1.54, 1.807) is 43.3 Å². The summed E-state index contributed by atoms with van der Waals surface area (Å²) in [6.07, 6.45) is 11.2. The number of sulfonamides is 1. The number of hydrogen-bond acceptors (Lipinski definition) is 5. The highest BCUT2D eigenvalue weighted by molar-refractivity contribution is 7.89. The van der Waals surface area contributed by atoms with Gasteiger partial charge in [-0.25, -0.2) is 12.7 Å². The third-order valence-corrected chi connectivity index (χ3v) is 8.46. The first kappa shape index (κ1) is 28.9. The zero-order valence-electron chi connectivity index (χ0n) is 22.1. The maximum Gasteiger partial charge on any atom is 0.313 e. The van der Waals surface area contributed by atoms with E-state index in [2.05, 4.69) is 6.92 Å². The molecule has 202 valence electrons. The van der Waals surface area contributed by atoms with E-state index in [4.69, 9.17) is 9.47 Å². The molecule has 0 saturated heterocycles. The van der Waals surface area contributed by atoms with Crippen molar-refractivity contribution in [2.45, 2.75) is 88.9 Å². The van der Waals surface area contributed by atoms with Crippen molar-refractivity contribution in [2.24, 2.45) is 5.92 Å². The number of rotatable bonds is 15. The van der Waals surface area contributed by atoms with Crippen molar-refractivity contribution >= 4 is 16.0 Å². The minimum absolute atomic E-state index is 0.186. The van der Waals surface area contributed by atoms with Crippen LogP contribution in [-0.2, 0) is 24.3 Å². The third-order valence-electron chi connectivity index (χ3n) is 6.68. The molecule has 3 atom stereocenters. The monoisotopic (exact) mass is 527 g/mol. The summed E-state index contributed by atoms with van der Waals surface area (Å²) in [6.45, 7) is 4.25. The van der Waals surface area contributed by atoms with Crippen LogP contribution in [0.25, 0.3) is 0 Å². The van der Waals surface area contributed by atoms with E-state index in [0.29, 0.717) is 0 Å². The summed E-state index contributed by atoms with van der Waals surface area (Å²) in [6, 6.07) is 18.3. The molecule has 37 heavy (non-hydrogen) atoms. The van der Waals surface area contributed by atoms with Crippen LogP contribution in [0.5, 0.6) is 0 Å². The van der Waals surface area contributed by atoms with Gasteiger partial charge in [-0.1, -0.05) is 106 Å². The van der Waals surface area contributed by atoms with E-state index in [0.717, 1.165) is 24.8 Å². The number of benzene rings is 2. The minimum atomic E-state index is -3.87. The van der Waals surface area contributed by atoms with Crippen LogP contribution in [0.15, 0.2) is 77.8 Å². The Morgan fingerprint density at radius 1 is 0.919 bits per heavy atom. The fraction of sp³-hybridized carbons (Fsp3) is 0.500. The third kappa shape index (κ3) is 8.44. The van der Waals surface area contributed by atoms with Gasteiger partial charge in [-0.15, -0.1) is 0 Å². The van der Waals surface area contributed by atoms with Crippen molar-refractivity contribution in [1.82, 2.24) is 4.31 Å². The molecule has 1 aliphatic rings. The lowest BCUT2D eigenvalue weighted by Gasteiger charge is -2.37. The Balaban J connectivity index is 1.81. The minimum Gasteiger partial charge on any atom is -0.466 e. The van der Waals surface area contributed by atoms with Gasteiger partial charge in [0, 0.05) is 12.6 Å². The second kappa shape index (κ2) is 14.9. The molecule has 1 heterocycles. The molecule has 0 unspecified atom stereocenters. The van der Waals surface area contributed by atoms with Crippen molar-refractivity contribution in [2.75, 3.05) is 6.61 Å². The summed E-state index contributed by atoms with van der Waals surface area (Å²) < 4.78 is 40.2. The second-order valence-corrected chi connectivity index (χ2v) is 11.3. The van der Waals surface area contributed by atoms with Crippen LogP contribution in [0.1, 0.15) is 83.3 Å².